The minimum absolute atomic E-state index is 0.0769. The summed E-state index contributed by atoms with van der Waals surface area (Å²) in [7, 11) is 0. The molecule has 1 unspecified atom stereocenters. The molecule has 5 atom stereocenters. The van der Waals surface area contributed by atoms with Crippen LogP contribution in [-0.2, 0) is 38.5 Å². The van der Waals surface area contributed by atoms with Gasteiger partial charge in [-0.3, -0.25) is 29.2 Å². The summed E-state index contributed by atoms with van der Waals surface area (Å²) in [6.45, 7) is 11.0. The van der Waals surface area contributed by atoms with Crippen molar-refractivity contribution in [2.75, 3.05) is 26.2 Å². The highest BCUT2D eigenvalue weighted by molar-refractivity contribution is 5.83. The molecule has 350 valence electrons. The van der Waals surface area contributed by atoms with Crippen molar-refractivity contribution in [2.24, 2.45) is 5.92 Å². The van der Waals surface area contributed by atoms with E-state index in [9.17, 15) is 19.5 Å². The molecule has 1 aliphatic heterocycles. The normalized spacial score (nSPS) is 19.0. The number of carbonyl (C=O) groups excluding carboxylic acids is 3. The number of ether oxygens (including phenoxy) is 1. The molecule has 3 N–H and O–H groups in total. The fourth-order valence-electron chi connectivity index (χ4n) is 9.22. The number of nitrogens with zero attached hydrogens (tertiary/aromatic N) is 3. The Balaban J connectivity index is 1.15. The second-order valence-corrected chi connectivity index (χ2v) is 19.4. The molecular weight excluding hydrogens is 799 g/mol. The number of rotatable bonds is 27. The zero-order valence-corrected chi connectivity index (χ0v) is 39.5. The summed E-state index contributed by atoms with van der Waals surface area (Å²) < 4.78 is 6.16. The molecule has 0 bridgehead atoms. The van der Waals surface area contributed by atoms with Gasteiger partial charge in [0.15, 0.2) is 0 Å². The van der Waals surface area contributed by atoms with Gasteiger partial charge in [-0.25, -0.2) is 0 Å². The Kier molecular flexibility index (Phi) is 21.5. The molecule has 5 rings (SSSR count). The third-order valence-corrected chi connectivity index (χ3v) is 12.6. The van der Waals surface area contributed by atoms with Crippen LogP contribution in [0.15, 0.2) is 91.3 Å². The Morgan fingerprint density at radius 3 is 2.22 bits per heavy atom. The molecule has 1 aliphatic carbocycles. The maximum absolute atomic E-state index is 14.5. The van der Waals surface area contributed by atoms with Crippen LogP contribution in [0.25, 0.3) is 0 Å². The maximum Gasteiger partial charge on any atom is 0.306 e. The number of amides is 2. The number of pyridine rings is 1. The summed E-state index contributed by atoms with van der Waals surface area (Å²) >= 11 is 0. The lowest BCUT2D eigenvalue weighted by atomic mass is 9.91. The number of aliphatic hydroxyl groups excluding tert-OH is 1. The number of carbonyl (C=O) groups is 3. The van der Waals surface area contributed by atoms with Crippen molar-refractivity contribution >= 4 is 17.8 Å². The SMILES string of the molecule is CCCCCCCC/C=C/CCCCCCCC(=O)O[C@@H]1Cc2ccccc2C1NC(=O)[C@H](Cc1ccccc1)C[C@H](O)CN1CCN(Cc2cccnc2)C[C@H]1C(=O)NC(C)(C)C. The number of hydrogen-bond acceptors (Lipinski definition) is 8. The minimum atomic E-state index is -0.870. The second-order valence-electron chi connectivity index (χ2n) is 19.4. The first-order chi connectivity index (χ1) is 31.0. The van der Waals surface area contributed by atoms with Gasteiger partial charge in [-0.2, -0.15) is 0 Å². The van der Waals surface area contributed by atoms with Crippen molar-refractivity contribution in [1.82, 2.24) is 25.4 Å². The van der Waals surface area contributed by atoms with Crippen molar-refractivity contribution in [2.45, 2.75) is 173 Å². The van der Waals surface area contributed by atoms with Crippen LogP contribution in [0, 0.1) is 5.92 Å². The summed E-state index contributed by atoms with van der Waals surface area (Å²) in [5, 5.41) is 18.3. The number of benzene rings is 2. The molecule has 1 aromatic heterocycles. The average Bonchev–Trinajstić information content (AvgIpc) is 3.61. The Bertz CT molecular complexity index is 1850. The first kappa shape index (κ1) is 50.6. The van der Waals surface area contributed by atoms with E-state index in [1.54, 1.807) is 6.20 Å². The fraction of sp³-hybridized carbons (Fsp3) is 0.593. The van der Waals surface area contributed by atoms with Crippen molar-refractivity contribution < 1.29 is 24.2 Å². The highest BCUT2D eigenvalue weighted by Gasteiger charge is 2.39. The summed E-state index contributed by atoms with van der Waals surface area (Å²) in [5.74, 6) is -1.05. The monoisotopic (exact) mass is 878 g/mol. The molecule has 2 heterocycles. The third-order valence-electron chi connectivity index (χ3n) is 12.6. The first-order valence-corrected chi connectivity index (χ1v) is 24.6. The van der Waals surface area contributed by atoms with Gasteiger partial charge in [-0.15, -0.1) is 0 Å². The van der Waals surface area contributed by atoms with Crippen LogP contribution in [-0.4, -0.2) is 87.6 Å². The minimum Gasteiger partial charge on any atom is -0.459 e. The summed E-state index contributed by atoms with van der Waals surface area (Å²) in [5.41, 5.74) is 3.69. The van der Waals surface area contributed by atoms with E-state index in [4.69, 9.17) is 4.74 Å². The van der Waals surface area contributed by atoms with Gasteiger partial charge in [0, 0.05) is 69.4 Å². The molecule has 3 aromatic rings. The quantitative estimate of drug-likeness (QED) is 0.0394. The first-order valence-electron chi connectivity index (χ1n) is 24.6. The molecule has 2 aromatic carbocycles. The van der Waals surface area contributed by atoms with E-state index >= 15 is 0 Å². The predicted molar refractivity (Wildman–Crippen MR) is 257 cm³/mol. The van der Waals surface area contributed by atoms with Gasteiger partial charge in [0.25, 0.3) is 0 Å². The molecular formula is C54H79N5O5. The molecule has 0 saturated carbocycles. The highest BCUT2D eigenvalue weighted by atomic mass is 16.5. The lowest BCUT2D eigenvalue weighted by Crippen LogP contribution is -2.61. The number of hydrogen-bond donors (Lipinski definition) is 3. The van der Waals surface area contributed by atoms with Gasteiger partial charge in [-0.05, 0) is 94.0 Å². The lowest BCUT2D eigenvalue weighted by Gasteiger charge is -2.42. The number of nitrogens with one attached hydrogen (secondary N) is 2. The zero-order valence-electron chi connectivity index (χ0n) is 39.5. The summed E-state index contributed by atoms with van der Waals surface area (Å²) in [6.07, 6.45) is 24.0. The molecule has 2 aliphatic rings. The smallest absolute Gasteiger partial charge is 0.306 e. The van der Waals surface area contributed by atoms with Crippen LogP contribution in [0.4, 0.5) is 0 Å². The molecule has 10 heteroatoms. The number of allylic oxidation sites excluding steroid dienone is 2. The van der Waals surface area contributed by atoms with E-state index < -0.39 is 35.7 Å². The average molecular weight is 878 g/mol. The lowest BCUT2D eigenvalue weighted by molar-refractivity contribution is -0.151. The number of aromatic nitrogens is 1. The van der Waals surface area contributed by atoms with Crippen LogP contribution in [0.5, 0.6) is 0 Å². The van der Waals surface area contributed by atoms with Gasteiger partial charge in [0.05, 0.1) is 12.1 Å². The van der Waals surface area contributed by atoms with Crippen LogP contribution < -0.4 is 10.6 Å². The van der Waals surface area contributed by atoms with E-state index in [1.807, 2.05) is 93.7 Å². The van der Waals surface area contributed by atoms with Crippen LogP contribution >= 0.6 is 0 Å². The van der Waals surface area contributed by atoms with E-state index in [-0.39, 0.29) is 30.7 Å². The van der Waals surface area contributed by atoms with Gasteiger partial charge in [0.1, 0.15) is 12.1 Å². The van der Waals surface area contributed by atoms with Crippen LogP contribution in [0.3, 0.4) is 0 Å². The summed E-state index contributed by atoms with van der Waals surface area (Å²) in [4.78, 5) is 50.1. The molecule has 0 radical (unpaired) electrons. The number of piperazine rings is 1. The second kappa shape index (κ2) is 27.2. The molecule has 64 heavy (non-hydrogen) atoms. The van der Waals surface area contributed by atoms with Gasteiger partial charge in [0.2, 0.25) is 11.8 Å². The third kappa shape index (κ3) is 17.9. The van der Waals surface area contributed by atoms with Crippen LogP contribution in [0.1, 0.15) is 152 Å². The number of unbranched alkanes of at least 4 members (excludes halogenated alkanes) is 11. The van der Waals surface area contributed by atoms with Crippen molar-refractivity contribution in [3.8, 4) is 0 Å². The Morgan fingerprint density at radius 2 is 1.52 bits per heavy atom. The molecule has 2 amide bonds. The van der Waals surface area contributed by atoms with Gasteiger partial charge >= 0.3 is 5.97 Å². The standard InChI is InChI=1S/C54H79N5O5/c1-5-6-7-8-9-10-11-12-13-14-15-16-17-18-22-31-50(61)64-49-37-44-29-23-24-30-47(44)51(49)56-52(62)45(35-42-26-20-19-21-27-42)36-46(60)40-59-34-33-58(39-43-28-25-32-55-38-43)41-48(59)53(63)57-54(2,3)4/h12-13,19-21,23-30,32,38,45-46,48-49,51,60H,5-11,14-18,22,31,33-37,39-41H2,1-4H3,(H,56,62)(H,57,63)/b13-12+/t45-,46+,48+,49-,51?/m1/s1. The van der Waals surface area contributed by atoms with Crippen molar-refractivity contribution in [1.29, 1.82) is 0 Å². The van der Waals surface area contributed by atoms with Gasteiger partial charge < -0.3 is 20.5 Å². The van der Waals surface area contributed by atoms with Crippen LogP contribution in [0.2, 0.25) is 0 Å². The molecule has 10 nitrogen and oxygen atoms in total. The fourth-order valence-corrected chi connectivity index (χ4v) is 9.22. The Labute approximate surface area is 385 Å². The highest BCUT2D eigenvalue weighted by Crippen LogP contribution is 2.34. The maximum atomic E-state index is 14.5. The Morgan fingerprint density at radius 1 is 0.844 bits per heavy atom. The van der Waals surface area contributed by atoms with Gasteiger partial charge in [-0.1, -0.05) is 131 Å². The Hall–Kier alpha value is -4.38. The number of aliphatic hydroxyl groups is 1. The van der Waals surface area contributed by atoms with E-state index in [0.29, 0.717) is 38.9 Å². The topological polar surface area (TPSA) is 124 Å². The van der Waals surface area contributed by atoms with E-state index in [1.165, 1.54) is 51.4 Å². The zero-order chi connectivity index (χ0) is 45.6. The number of esters is 1. The molecule has 1 fully saturated rings. The van der Waals surface area contributed by atoms with E-state index in [0.717, 1.165) is 60.9 Å². The number of β-amino-alcohol motifs (C(OH)–C–C–N with tert-alkyl or cyclic N) is 1. The van der Waals surface area contributed by atoms with E-state index in [2.05, 4.69) is 44.5 Å². The number of fused-ring (bicyclic) bond motifs is 1. The molecule has 1 saturated heterocycles. The largest absolute Gasteiger partial charge is 0.459 e. The summed E-state index contributed by atoms with van der Waals surface area (Å²) in [6, 6.07) is 20.9. The van der Waals surface area contributed by atoms with Crippen molar-refractivity contribution in [3.05, 3.63) is 114 Å². The predicted octanol–water partition coefficient (Wildman–Crippen LogP) is 9.46. The molecule has 0 spiro atoms. The van der Waals surface area contributed by atoms with Crippen molar-refractivity contribution in [3.63, 3.8) is 0 Å².